The Morgan fingerprint density at radius 2 is 1.92 bits per heavy atom. The number of pyridine rings is 1. The maximum atomic E-state index is 13.5. The van der Waals surface area contributed by atoms with Crippen LogP contribution < -0.4 is 15.1 Å². The molecule has 7 rings (SSSR count). The summed E-state index contributed by atoms with van der Waals surface area (Å²) < 4.78 is 2.02. The molecule has 5 aromatic rings. The van der Waals surface area contributed by atoms with E-state index in [0.29, 0.717) is 18.0 Å². The number of aromatic nitrogens is 3. The molecule has 1 fully saturated rings. The van der Waals surface area contributed by atoms with E-state index in [9.17, 15) is 9.59 Å². The molecule has 2 aliphatic heterocycles. The van der Waals surface area contributed by atoms with E-state index in [2.05, 4.69) is 15.2 Å². The van der Waals surface area contributed by atoms with E-state index in [-0.39, 0.29) is 11.8 Å². The lowest BCUT2D eigenvalue weighted by molar-refractivity contribution is -0.122. The lowest BCUT2D eigenvalue weighted by atomic mass is 9.86. The molecule has 0 unspecified atom stereocenters. The van der Waals surface area contributed by atoms with Gasteiger partial charge in [-0.3, -0.25) is 9.59 Å². The van der Waals surface area contributed by atoms with Crippen LogP contribution in [0.1, 0.15) is 29.8 Å². The Hall–Kier alpha value is -4.59. The highest BCUT2D eigenvalue weighted by molar-refractivity contribution is 6.12. The summed E-state index contributed by atoms with van der Waals surface area (Å²) in [6, 6.07) is 19.4. The smallest absolute Gasteiger partial charge is 0.255 e. The van der Waals surface area contributed by atoms with Gasteiger partial charge in [-0.05, 0) is 49.7 Å². The van der Waals surface area contributed by atoms with Crippen molar-refractivity contribution in [2.24, 2.45) is 5.92 Å². The Kier molecular flexibility index (Phi) is 4.88. The van der Waals surface area contributed by atoms with Gasteiger partial charge < -0.3 is 24.5 Å². The van der Waals surface area contributed by atoms with E-state index in [0.717, 1.165) is 52.4 Å². The molecule has 2 amide bonds. The summed E-state index contributed by atoms with van der Waals surface area (Å²) in [5.74, 6) is 1.16. The maximum Gasteiger partial charge on any atom is 0.255 e. The fraction of sp³-hybridized carbons (Fsp3) is 0.233. The predicted octanol–water partition coefficient (Wildman–Crippen LogP) is 4.83. The van der Waals surface area contributed by atoms with E-state index >= 15 is 0 Å². The lowest BCUT2D eigenvalue weighted by Crippen LogP contribution is -2.53. The number of nitrogens with one attached hydrogen (secondary N) is 2. The van der Waals surface area contributed by atoms with Gasteiger partial charge >= 0.3 is 0 Å². The van der Waals surface area contributed by atoms with Gasteiger partial charge in [-0.1, -0.05) is 30.3 Å². The number of amides is 2. The first-order valence-corrected chi connectivity index (χ1v) is 12.9. The van der Waals surface area contributed by atoms with Gasteiger partial charge in [0, 0.05) is 60.1 Å². The largest absolute Gasteiger partial charge is 0.359 e. The number of fused-ring (bicyclic) bond motifs is 3. The lowest BCUT2D eigenvalue weighted by Gasteiger charge is -2.41. The Morgan fingerprint density at radius 3 is 2.76 bits per heavy atom. The number of imidazole rings is 1. The molecule has 0 spiro atoms. The van der Waals surface area contributed by atoms with Crippen molar-refractivity contribution in [2.75, 3.05) is 34.8 Å². The van der Waals surface area contributed by atoms with Gasteiger partial charge in [0.1, 0.15) is 11.5 Å². The predicted molar refractivity (Wildman–Crippen MR) is 149 cm³/mol. The molecule has 0 bridgehead atoms. The second-order valence-corrected chi connectivity index (χ2v) is 10.8. The van der Waals surface area contributed by atoms with Crippen LogP contribution in [0.5, 0.6) is 0 Å². The minimum atomic E-state index is -0.633. The van der Waals surface area contributed by atoms with Crippen LogP contribution in [0, 0.1) is 5.92 Å². The van der Waals surface area contributed by atoms with Gasteiger partial charge in [-0.25, -0.2) is 4.98 Å². The first-order chi connectivity index (χ1) is 18.4. The van der Waals surface area contributed by atoms with Crippen molar-refractivity contribution in [3.63, 3.8) is 0 Å². The van der Waals surface area contributed by atoms with Crippen LogP contribution in [-0.2, 0) is 10.2 Å². The molecule has 0 aliphatic carbocycles. The van der Waals surface area contributed by atoms with Crippen LogP contribution in [0.3, 0.4) is 0 Å². The maximum absolute atomic E-state index is 13.5. The zero-order valence-corrected chi connectivity index (χ0v) is 21.3. The summed E-state index contributed by atoms with van der Waals surface area (Å²) in [5.41, 5.74) is 4.32. The number of aromatic amines is 1. The molecule has 0 radical (unpaired) electrons. The molecule has 2 N–H and O–H groups in total. The number of rotatable bonds is 5. The molecule has 8 heteroatoms. The summed E-state index contributed by atoms with van der Waals surface area (Å²) in [6.07, 6.45) is 5.85. The summed E-state index contributed by atoms with van der Waals surface area (Å²) >= 11 is 0. The third-order valence-electron chi connectivity index (χ3n) is 7.91. The zero-order chi connectivity index (χ0) is 26.0. The molecule has 1 saturated heterocycles. The number of nitrogens with zero attached hydrogens (tertiary/aromatic N) is 4. The van der Waals surface area contributed by atoms with Crippen LogP contribution in [-0.4, -0.2) is 45.8 Å². The molecule has 38 heavy (non-hydrogen) atoms. The number of benzene rings is 2. The molecule has 190 valence electrons. The molecule has 0 saturated carbocycles. The summed E-state index contributed by atoms with van der Waals surface area (Å²) in [6.45, 7) is 6.22. The molecular weight excluding hydrogens is 476 g/mol. The van der Waals surface area contributed by atoms with Crippen molar-refractivity contribution >= 4 is 45.6 Å². The first-order valence-electron chi connectivity index (χ1n) is 12.9. The highest BCUT2D eigenvalue weighted by Crippen LogP contribution is 2.43. The number of anilines is 3. The first kappa shape index (κ1) is 22.6. The fourth-order valence-electron chi connectivity index (χ4n) is 5.74. The number of carbonyl (C=O) groups is 2. The molecular formula is C30H28N6O2. The third kappa shape index (κ3) is 3.48. The summed E-state index contributed by atoms with van der Waals surface area (Å²) in [5, 5.41) is 3.99. The fourth-order valence-corrected chi connectivity index (χ4v) is 5.74. The molecule has 3 aromatic heterocycles. The topological polar surface area (TPSA) is 85.7 Å². The Morgan fingerprint density at radius 1 is 1.11 bits per heavy atom. The van der Waals surface area contributed by atoms with E-state index in [1.165, 1.54) is 0 Å². The molecule has 8 nitrogen and oxygen atoms in total. The minimum absolute atomic E-state index is 0.0767. The van der Waals surface area contributed by atoms with E-state index in [1.54, 1.807) is 6.20 Å². The van der Waals surface area contributed by atoms with Gasteiger partial charge in [0.25, 0.3) is 5.91 Å². The van der Waals surface area contributed by atoms with Crippen molar-refractivity contribution in [1.82, 2.24) is 14.4 Å². The van der Waals surface area contributed by atoms with Crippen molar-refractivity contribution in [3.05, 3.63) is 90.4 Å². The standard InChI is InChI=1S/C30H28N6O2/c1-30(2)22-11-10-20(28(37)32-24-14-31-23-8-4-3-7-21(23)24)13-25(22)36(29(30)38)17-19-15-35(16-19)27-18-34-12-6-5-9-26(34)33-27/h3-14,18-19,31H,15-17H2,1-2H3,(H,32,37). The molecule has 2 aliphatic rings. The summed E-state index contributed by atoms with van der Waals surface area (Å²) in [4.78, 5) is 38.8. The van der Waals surface area contributed by atoms with E-state index in [4.69, 9.17) is 4.98 Å². The number of carbonyl (C=O) groups excluding carboxylic acids is 2. The van der Waals surface area contributed by atoms with Crippen molar-refractivity contribution in [2.45, 2.75) is 19.3 Å². The second-order valence-electron chi connectivity index (χ2n) is 10.8. The second kappa shape index (κ2) is 8.21. The highest BCUT2D eigenvalue weighted by Gasteiger charge is 2.45. The SMILES string of the molecule is CC1(C)C(=O)N(CC2CN(c3cn4ccccc4n3)C2)c2cc(C(=O)Nc3c[nH]c4ccccc34)ccc21. The minimum Gasteiger partial charge on any atom is -0.359 e. The number of para-hydroxylation sites is 1. The third-order valence-corrected chi connectivity index (χ3v) is 7.91. The van der Waals surface area contributed by atoms with Crippen molar-refractivity contribution in [1.29, 1.82) is 0 Å². The van der Waals surface area contributed by atoms with Gasteiger partial charge in [0.15, 0.2) is 0 Å². The normalized spacial score (nSPS) is 16.7. The number of H-pyrrole nitrogens is 1. The Balaban J connectivity index is 1.10. The van der Waals surface area contributed by atoms with Crippen LogP contribution in [0.4, 0.5) is 17.2 Å². The molecule has 5 heterocycles. The van der Waals surface area contributed by atoms with Crippen LogP contribution in [0.25, 0.3) is 16.6 Å². The quantitative estimate of drug-likeness (QED) is 0.359. The number of hydrogen-bond acceptors (Lipinski definition) is 4. The van der Waals surface area contributed by atoms with Crippen molar-refractivity contribution in [3.8, 4) is 0 Å². The van der Waals surface area contributed by atoms with E-state index < -0.39 is 5.41 Å². The molecule has 2 aromatic carbocycles. The van der Waals surface area contributed by atoms with Gasteiger partial charge in [0.2, 0.25) is 5.91 Å². The van der Waals surface area contributed by atoms with Crippen LogP contribution >= 0.6 is 0 Å². The monoisotopic (exact) mass is 504 g/mol. The van der Waals surface area contributed by atoms with Gasteiger partial charge in [-0.15, -0.1) is 0 Å². The Bertz CT molecular complexity index is 1690. The zero-order valence-electron chi connectivity index (χ0n) is 21.3. The average Bonchev–Trinajstić information content (AvgIpc) is 3.55. The van der Waals surface area contributed by atoms with Gasteiger partial charge in [0.05, 0.1) is 17.3 Å². The van der Waals surface area contributed by atoms with Crippen LogP contribution in [0.2, 0.25) is 0 Å². The van der Waals surface area contributed by atoms with Crippen molar-refractivity contribution < 1.29 is 9.59 Å². The Labute approximate surface area is 219 Å². The van der Waals surface area contributed by atoms with Crippen LogP contribution in [0.15, 0.2) is 79.3 Å². The molecule has 0 atom stereocenters. The van der Waals surface area contributed by atoms with Gasteiger partial charge in [-0.2, -0.15) is 0 Å². The highest BCUT2D eigenvalue weighted by atomic mass is 16.2. The summed E-state index contributed by atoms with van der Waals surface area (Å²) in [7, 11) is 0. The van der Waals surface area contributed by atoms with E-state index in [1.807, 2.05) is 96.2 Å². The average molecular weight is 505 g/mol. The number of hydrogen-bond donors (Lipinski definition) is 2.